The van der Waals surface area contributed by atoms with Crippen LogP contribution in [0.4, 0.5) is 11.4 Å². The lowest BCUT2D eigenvalue weighted by Gasteiger charge is -2.13. The van der Waals surface area contributed by atoms with E-state index < -0.39 is 0 Å². The molecule has 1 aromatic heterocycles. The summed E-state index contributed by atoms with van der Waals surface area (Å²) in [5, 5.41) is 6.69. The number of amides is 1. The topological polar surface area (TPSA) is 63.2 Å². The predicted octanol–water partition coefficient (Wildman–Crippen LogP) is 3.94. The second-order valence-electron chi connectivity index (χ2n) is 5.11. The van der Waals surface area contributed by atoms with E-state index in [9.17, 15) is 4.79 Å². The van der Waals surface area contributed by atoms with E-state index in [4.69, 9.17) is 16.3 Å². The molecule has 0 aliphatic heterocycles. The van der Waals surface area contributed by atoms with E-state index in [1.807, 2.05) is 19.9 Å². The van der Waals surface area contributed by atoms with Gasteiger partial charge in [0.15, 0.2) is 0 Å². The fraction of sp³-hybridized carbons (Fsp3) is 0.294. The Morgan fingerprint density at radius 3 is 2.83 bits per heavy atom. The van der Waals surface area contributed by atoms with Gasteiger partial charge in [-0.05, 0) is 37.1 Å². The molecule has 0 bridgehead atoms. The summed E-state index contributed by atoms with van der Waals surface area (Å²) >= 11 is 6.11. The molecule has 0 unspecified atom stereocenters. The van der Waals surface area contributed by atoms with Gasteiger partial charge in [0.25, 0.3) is 5.91 Å². The van der Waals surface area contributed by atoms with Crippen LogP contribution in [0.1, 0.15) is 29.4 Å². The molecule has 5 nitrogen and oxygen atoms in total. The number of nitrogens with zero attached hydrogens (tertiary/aromatic N) is 1. The van der Waals surface area contributed by atoms with Crippen molar-refractivity contribution in [2.45, 2.75) is 20.3 Å². The maximum Gasteiger partial charge on any atom is 0.269 e. The second kappa shape index (κ2) is 7.83. The Balaban J connectivity index is 2.24. The van der Waals surface area contributed by atoms with Crippen LogP contribution in [0.2, 0.25) is 5.02 Å². The van der Waals surface area contributed by atoms with Gasteiger partial charge >= 0.3 is 0 Å². The maximum absolute atomic E-state index is 12.0. The van der Waals surface area contributed by atoms with E-state index in [-0.39, 0.29) is 5.91 Å². The zero-order valence-corrected chi connectivity index (χ0v) is 14.2. The number of hydrogen-bond donors (Lipinski definition) is 2. The van der Waals surface area contributed by atoms with Gasteiger partial charge in [-0.25, -0.2) is 0 Å². The number of methoxy groups -OCH3 is 1. The molecule has 23 heavy (non-hydrogen) atoms. The van der Waals surface area contributed by atoms with Crippen molar-refractivity contribution in [3.63, 3.8) is 0 Å². The molecule has 1 aromatic carbocycles. The summed E-state index contributed by atoms with van der Waals surface area (Å²) in [7, 11) is 1.59. The monoisotopic (exact) mass is 333 g/mol. The average Bonchev–Trinajstić information content (AvgIpc) is 2.56. The van der Waals surface area contributed by atoms with Crippen LogP contribution >= 0.6 is 11.6 Å². The molecule has 0 radical (unpaired) electrons. The number of pyridine rings is 1. The minimum Gasteiger partial charge on any atom is -0.495 e. The molecular weight excluding hydrogens is 314 g/mol. The molecule has 2 N–H and O–H groups in total. The number of ether oxygens (including phenoxy) is 1. The van der Waals surface area contributed by atoms with E-state index in [0.717, 1.165) is 23.4 Å². The van der Waals surface area contributed by atoms with Crippen LogP contribution < -0.4 is 15.4 Å². The lowest BCUT2D eigenvalue weighted by Crippen LogP contribution is -2.24. The van der Waals surface area contributed by atoms with Gasteiger partial charge in [0, 0.05) is 29.5 Å². The van der Waals surface area contributed by atoms with Gasteiger partial charge in [-0.1, -0.05) is 18.5 Å². The molecule has 1 heterocycles. The molecular formula is C17H20ClN3O2. The molecule has 0 saturated carbocycles. The van der Waals surface area contributed by atoms with Gasteiger partial charge < -0.3 is 15.4 Å². The number of nitrogens with one attached hydrogen (secondary N) is 2. The minimum atomic E-state index is -0.185. The zero-order chi connectivity index (χ0) is 16.8. The number of halogens is 1. The van der Waals surface area contributed by atoms with Gasteiger partial charge in [0.1, 0.15) is 11.4 Å². The standard InChI is InChI=1S/C17H20ClN3O2/c1-4-6-20-17(22)15-9-12(5-7-19-15)21-14-8-11(2)13(18)10-16(14)23-3/h5,7-10H,4,6H2,1-3H3,(H,19,21)(H,20,22). The quantitative estimate of drug-likeness (QED) is 0.840. The summed E-state index contributed by atoms with van der Waals surface area (Å²) in [6, 6.07) is 7.15. The number of aromatic nitrogens is 1. The molecule has 6 heteroatoms. The van der Waals surface area contributed by atoms with Gasteiger partial charge in [0.2, 0.25) is 0 Å². The number of carbonyl (C=O) groups is 1. The number of rotatable bonds is 6. The fourth-order valence-corrected chi connectivity index (χ4v) is 2.20. The number of hydrogen-bond acceptors (Lipinski definition) is 4. The van der Waals surface area contributed by atoms with Crippen molar-refractivity contribution in [3.8, 4) is 5.75 Å². The first-order chi connectivity index (χ1) is 11.0. The number of carbonyl (C=O) groups excluding carboxylic acids is 1. The first kappa shape index (κ1) is 17.1. The highest BCUT2D eigenvalue weighted by molar-refractivity contribution is 6.31. The van der Waals surface area contributed by atoms with Crippen molar-refractivity contribution in [2.24, 2.45) is 0 Å². The normalized spacial score (nSPS) is 10.3. The first-order valence-electron chi connectivity index (χ1n) is 7.40. The van der Waals surface area contributed by atoms with E-state index in [2.05, 4.69) is 15.6 Å². The molecule has 2 rings (SSSR count). The van der Waals surface area contributed by atoms with Crippen LogP contribution in [0.25, 0.3) is 0 Å². The van der Waals surface area contributed by atoms with Crippen molar-refractivity contribution in [3.05, 3.63) is 46.7 Å². The summed E-state index contributed by atoms with van der Waals surface area (Å²) in [5.41, 5.74) is 2.83. The summed E-state index contributed by atoms with van der Waals surface area (Å²) in [6.45, 7) is 4.55. The Morgan fingerprint density at radius 2 is 2.13 bits per heavy atom. The van der Waals surface area contributed by atoms with Crippen molar-refractivity contribution in [1.29, 1.82) is 0 Å². The highest BCUT2D eigenvalue weighted by Crippen LogP contribution is 2.33. The molecule has 2 aromatic rings. The van der Waals surface area contributed by atoms with Crippen LogP contribution in [-0.4, -0.2) is 24.5 Å². The van der Waals surface area contributed by atoms with Gasteiger partial charge in [-0.3, -0.25) is 9.78 Å². The van der Waals surface area contributed by atoms with Crippen LogP contribution in [0, 0.1) is 6.92 Å². The van der Waals surface area contributed by atoms with Crippen LogP contribution in [0.3, 0.4) is 0 Å². The summed E-state index contributed by atoms with van der Waals surface area (Å²) < 4.78 is 5.34. The molecule has 0 spiro atoms. The summed E-state index contributed by atoms with van der Waals surface area (Å²) in [5.74, 6) is 0.448. The molecule has 0 atom stereocenters. The van der Waals surface area contributed by atoms with Crippen molar-refractivity contribution < 1.29 is 9.53 Å². The Labute approximate surface area is 141 Å². The molecule has 0 saturated heterocycles. The molecule has 1 amide bonds. The van der Waals surface area contributed by atoms with Crippen LogP contribution in [0.15, 0.2) is 30.5 Å². The molecule has 0 aliphatic carbocycles. The molecule has 0 fully saturated rings. The van der Waals surface area contributed by atoms with Crippen molar-refractivity contribution in [1.82, 2.24) is 10.3 Å². The highest BCUT2D eigenvalue weighted by atomic mass is 35.5. The number of aryl methyl sites for hydroxylation is 1. The Hall–Kier alpha value is -2.27. The average molecular weight is 334 g/mol. The zero-order valence-electron chi connectivity index (χ0n) is 13.4. The Kier molecular flexibility index (Phi) is 5.82. The van der Waals surface area contributed by atoms with E-state index >= 15 is 0 Å². The fourth-order valence-electron chi connectivity index (χ4n) is 2.05. The minimum absolute atomic E-state index is 0.185. The third-order valence-electron chi connectivity index (χ3n) is 3.29. The number of benzene rings is 1. The van der Waals surface area contributed by atoms with Gasteiger partial charge in [-0.15, -0.1) is 0 Å². The summed E-state index contributed by atoms with van der Waals surface area (Å²) in [6.07, 6.45) is 2.48. The highest BCUT2D eigenvalue weighted by Gasteiger charge is 2.10. The molecule has 122 valence electrons. The first-order valence-corrected chi connectivity index (χ1v) is 7.78. The van der Waals surface area contributed by atoms with Crippen molar-refractivity contribution >= 4 is 28.9 Å². The van der Waals surface area contributed by atoms with Gasteiger partial charge in [0.05, 0.1) is 12.8 Å². The predicted molar refractivity (Wildman–Crippen MR) is 92.9 cm³/mol. The van der Waals surface area contributed by atoms with E-state index in [1.165, 1.54) is 0 Å². The third-order valence-corrected chi connectivity index (χ3v) is 3.70. The summed E-state index contributed by atoms with van der Waals surface area (Å²) in [4.78, 5) is 16.1. The number of anilines is 2. The van der Waals surface area contributed by atoms with E-state index in [1.54, 1.807) is 31.5 Å². The van der Waals surface area contributed by atoms with Crippen LogP contribution in [-0.2, 0) is 0 Å². The smallest absolute Gasteiger partial charge is 0.269 e. The van der Waals surface area contributed by atoms with E-state index in [0.29, 0.717) is 23.0 Å². The van der Waals surface area contributed by atoms with Crippen LogP contribution in [0.5, 0.6) is 5.75 Å². The second-order valence-corrected chi connectivity index (χ2v) is 5.52. The SMILES string of the molecule is CCCNC(=O)c1cc(Nc2cc(C)c(Cl)cc2OC)ccn1. The van der Waals surface area contributed by atoms with Crippen molar-refractivity contribution in [2.75, 3.05) is 19.0 Å². The Bertz CT molecular complexity index is 704. The Morgan fingerprint density at radius 1 is 1.35 bits per heavy atom. The third kappa shape index (κ3) is 4.36. The lowest BCUT2D eigenvalue weighted by molar-refractivity contribution is 0.0949. The molecule has 0 aliphatic rings. The van der Waals surface area contributed by atoms with Gasteiger partial charge in [-0.2, -0.15) is 0 Å². The lowest BCUT2D eigenvalue weighted by atomic mass is 10.2. The maximum atomic E-state index is 12.0. The largest absolute Gasteiger partial charge is 0.495 e.